The van der Waals surface area contributed by atoms with Crippen LogP contribution in [0.4, 0.5) is 0 Å². The largest absolute Gasteiger partial charge is 0.480 e. The number of carbonyl (C=O) groups is 4. The fourth-order valence-corrected chi connectivity index (χ4v) is 4.68. The first-order valence-electron chi connectivity index (χ1n) is 13.2. The number of hydrogen-bond acceptors (Lipinski definition) is 7. The summed E-state index contributed by atoms with van der Waals surface area (Å²) in [6.45, 7) is 3.98. The highest BCUT2D eigenvalue weighted by atomic mass is 32.2. The number of para-hydroxylation sites is 1. The number of H-pyrrole nitrogens is 1. The number of nitrogens with two attached hydrogens (primary N) is 2. The lowest BCUT2D eigenvalue weighted by molar-refractivity contribution is -0.142. The third kappa shape index (κ3) is 9.86. The second kappa shape index (κ2) is 16.1. The van der Waals surface area contributed by atoms with Gasteiger partial charge in [-0.15, -0.1) is 0 Å². The van der Waals surface area contributed by atoms with E-state index >= 15 is 0 Å². The molecule has 4 unspecified atom stereocenters. The predicted molar refractivity (Wildman–Crippen MR) is 154 cm³/mol. The lowest BCUT2D eigenvalue weighted by atomic mass is 10.0. The molecule has 1 aromatic carbocycles. The molecular formula is C27H42N6O5S. The maximum absolute atomic E-state index is 13.3. The summed E-state index contributed by atoms with van der Waals surface area (Å²) in [6, 6.07) is 3.62. The van der Waals surface area contributed by atoms with E-state index in [0.717, 1.165) is 16.5 Å². The van der Waals surface area contributed by atoms with Crippen LogP contribution in [-0.4, -0.2) is 76.5 Å². The molecule has 9 N–H and O–H groups in total. The van der Waals surface area contributed by atoms with E-state index in [0.29, 0.717) is 31.6 Å². The monoisotopic (exact) mass is 562 g/mol. The molecular weight excluding hydrogens is 520 g/mol. The van der Waals surface area contributed by atoms with Crippen LogP contribution in [-0.2, 0) is 25.6 Å². The molecule has 4 atom stereocenters. The van der Waals surface area contributed by atoms with Gasteiger partial charge < -0.3 is 37.5 Å². The van der Waals surface area contributed by atoms with Gasteiger partial charge in [0.15, 0.2) is 0 Å². The smallest absolute Gasteiger partial charge is 0.326 e. The minimum Gasteiger partial charge on any atom is -0.480 e. The Morgan fingerprint density at radius 3 is 2.31 bits per heavy atom. The summed E-state index contributed by atoms with van der Waals surface area (Å²) >= 11 is 1.57. The molecule has 11 nitrogen and oxygen atoms in total. The van der Waals surface area contributed by atoms with Crippen LogP contribution >= 0.6 is 11.8 Å². The predicted octanol–water partition coefficient (Wildman–Crippen LogP) is 1.11. The summed E-state index contributed by atoms with van der Waals surface area (Å²) in [4.78, 5) is 54.3. The number of carbonyl (C=O) groups excluding carboxylic acids is 3. The van der Waals surface area contributed by atoms with E-state index in [4.69, 9.17) is 11.5 Å². The minimum absolute atomic E-state index is 0.0627. The van der Waals surface area contributed by atoms with Crippen molar-refractivity contribution in [2.75, 3.05) is 18.6 Å². The Hall–Kier alpha value is -3.09. The molecule has 2 aromatic rings. The van der Waals surface area contributed by atoms with Crippen LogP contribution in [0.1, 0.15) is 45.1 Å². The number of aromatic amines is 1. The van der Waals surface area contributed by atoms with Crippen molar-refractivity contribution in [1.29, 1.82) is 0 Å². The molecule has 0 spiro atoms. The Morgan fingerprint density at radius 1 is 0.974 bits per heavy atom. The minimum atomic E-state index is -1.21. The van der Waals surface area contributed by atoms with Crippen molar-refractivity contribution >= 4 is 46.4 Å². The molecule has 1 heterocycles. The lowest BCUT2D eigenvalue weighted by Crippen LogP contribution is -2.58. The Labute approximate surface area is 233 Å². The molecule has 0 saturated carbocycles. The number of aliphatic carboxylic acids is 1. The highest BCUT2D eigenvalue weighted by molar-refractivity contribution is 7.98. The number of benzene rings is 1. The van der Waals surface area contributed by atoms with Gasteiger partial charge in [0.05, 0.1) is 6.04 Å². The average Bonchev–Trinajstić information content (AvgIpc) is 3.31. The van der Waals surface area contributed by atoms with E-state index in [1.165, 1.54) is 0 Å². The van der Waals surface area contributed by atoms with Crippen LogP contribution in [0.2, 0.25) is 0 Å². The zero-order chi connectivity index (χ0) is 28.9. The van der Waals surface area contributed by atoms with Crippen molar-refractivity contribution in [1.82, 2.24) is 20.9 Å². The molecule has 0 aliphatic rings. The molecule has 216 valence electrons. The highest BCUT2D eigenvalue weighted by Crippen LogP contribution is 2.19. The Morgan fingerprint density at radius 2 is 1.67 bits per heavy atom. The normalized spacial score (nSPS) is 14.4. The fraction of sp³-hybridized carbons (Fsp3) is 0.556. The van der Waals surface area contributed by atoms with Crippen molar-refractivity contribution in [2.24, 2.45) is 17.4 Å². The van der Waals surface area contributed by atoms with Gasteiger partial charge in [-0.2, -0.15) is 11.8 Å². The zero-order valence-electron chi connectivity index (χ0n) is 22.9. The van der Waals surface area contributed by atoms with Crippen LogP contribution in [0, 0.1) is 5.92 Å². The quantitative estimate of drug-likeness (QED) is 0.139. The first-order chi connectivity index (χ1) is 18.6. The number of rotatable bonds is 17. The van der Waals surface area contributed by atoms with Gasteiger partial charge >= 0.3 is 5.97 Å². The topological polar surface area (TPSA) is 192 Å². The number of hydrogen-bond donors (Lipinski definition) is 7. The standard InChI is InChI=1S/C27H42N6O5S/c1-16(2)23(33-24(34)19(29)11-13-39-3)26(36)31-21(10-6-7-12-28)25(35)32-22(27(37)38)14-17-15-30-20-9-5-4-8-18(17)20/h4-5,8-9,15-16,19,21-23,30H,6-7,10-14,28-29H2,1-3H3,(H,31,36)(H,32,35)(H,33,34)(H,37,38). The first kappa shape index (κ1) is 32.1. The number of aromatic nitrogens is 1. The van der Waals surface area contributed by atoms with E-state index < -0.39 is 47.9 Å². The van der Waals surface area contributed by atoms with Crippen LogP contribution in [0.3, 0.4) is 0 Å². The molecule has 3 amide bonds. The number of fused-ring (bicyclic) bond motifs is 1. The van der Waals surface area contributed by atoms with E-state index in [1.54, 1.807) is 31.8 Å². The van der Waals surface area contributed by atoms with E-state index in [1.807, 2.05) is 30.5 Å². The van der Waals surface area contributed by atoms with Crippen molar-refractivity contribution in [2.45, 2.75) is 70.1 Å². The van der Waals surface area contributed by atoms with Crippen molar-refractivity contribution in [3.63, 3.8) is 0 Å². The molecule has 0 saturated heterocycles. The molecule has 39 heavy (non-hydrogen) atoms. The van der Waals surface area contributed by atoms with E-state index in [9.17, 15) is 24.3 Å². The average molecular weight is 563 g/mol. The summed E-state index contributed by atoms with van der Waals surface area (Å²) in [5.74, 6) is -2.34. The summed E-state index contributed by atoms with van der Waals surface area (Å²) in [6.07, 6.45) is 5.62. The summed E-state index contributed by atoms with van der Waals surface area (Å²) in [7, 11) is 0. The van der Waals surface area contributed by atoms with Crippen molar-refractivity contribution < 1.29 is 24.3 Å². The maximum Gasteiger partial charge on any atom is 0.326 e. The van der Waals surface area contributed by atoms with Gasteiger partial charge in [0.1, 0.15) is 18.1 Å². The van der Waals surface area contributed by atoms with Crippen LogP contribution < -0.4 is 27.4 Å². The second-order valence-corrected chi connectivity index (χ2v) is 10.9. The molecule has 0 fully saturated rings. The second-order valence-electron chi connectivity index (χ2n) is 9.93. The molecule has 0 aliphatic heterocycles. The van der Waals surface area contributed by atoms with Gasteiger partial charge in [-0.25, -0.2) is 4.79 Å². The van der Waals surface area contributed by atoms with Crippen molar-refractivity contribution in [3.05, 3.63) is 36.0 Å². The number of carboxylic acids is 1. The lowest BCUT2D eigenvalue weighted by Gasteiger charge is -2.27. The van der Waals surface area contributed by atoms with Crippen LogP contribution in [0.5, 0.6) is 0 Å². The Bertz CT molecular complexity index is 1110. The number of carboxylic acid groups (broad SMARTS) is 1. The molecule has 0 bridgehead atoms. The SMILES string of the molecule is CSCCC(N)C(=O)NC(C(=O)NC(CCCCN)C(=O)NC(Cc1c[nH]c2ccccc12)C(=O)O)C(C)C. The van der Waals surface area contributed by atoms with Gasteiger partial charge in [-0.3, -0.25) is 14.4 Å². The number of thioether (sulfide) groups is 1. The van der Waals surface area contributed by atoms with Gasteiger partial charge in [0, 0.05) is 23.5 Å². The number of amides is 3. The fourth-order valence-electron chi connectivity index (χ4n) is 4.19. The zero-order valence-corrected chi connectivity index (χ0v) is 23.7. The Balaban J connectivity index is 2.15. The number of nitrogens with one attached hydrogen (secondary N) is 4. The first-order valence-corrected chi connectivity index (χ1v) is 14.6. The summed E-state index contributed by atoms with van der Waals surface area (Å²) in [5, 5.41) is 18.8. The Kier molecular flexibility index (Phi) is 13.3. The van der Waals surface area contributed by atoms with Crippen molar-refractivity contribution in [3.8, 4) is 0 Å². The van der Waals surface area contributed by atoms with Crippen LogP contribution in [0.15, 0.2) is 30.5 Å². The third-order valence-electron chi connectivity index (χ3n) is 6.51. The van der Waals surface area contributed by atoms with E-state index in [-0.39, 0.29) is 18.8 Å². The molecule has 0 radical (unpaired) electrons. The van der Waals surface area contributed by atoms with Gasteiger partial charge in [0.2, 0.25) is 17.7 Å². The molecule has 1 aromatic heterocycles. The molecule has 12 heteroatoms. The molecule has 0 aliphatic carbocycles. The summed E-state index contributed by atoms with van der Waals surface area (Å²) in [5.41, 5.74) is 13.2. The summed E-state index contributed by atoms with van der Waals surface area (Å²) < 4.78 is 0. The third-order valence-corrected chi connectivity index (χ3v) is 7.15. The van der Waals surface area contributed by atoms with Gasteiger partial charge in [-0.1, -0.05) is 32.0 Å². The molecule has 2 rings (SSSR count). The van der Waals surface area contributed by atoms with E-state index in [2.05, 4.69) is 20.9 Å². The highest BCUT2D eigenvalue weighted by Gasteiger charge is 2.31. The van der Waals surface area contributed by atoms with Gasteiger partial charge in [0.25, 0.3) is 0 Å². The van der Waals surface area contributed by atoms with Crippen LogP contribution in [0.25, 0.3) is 10.9 Å². The number of unbranched alkanes of at least 4 members (excludes halogenated alkanes) is 1. The maximum atomic E-state index is 13.3. The van der Waals surface area contributed by atoms with Gasteiger partial charge in [-0.05, 0) is 61.8 Å².